The molecule has 1 aliphatic heterocycles. The van der Waals surface area contributed by atoms with Gasteiger partial charge in [-0.2, -0.15) is 9.34 Å². The average molecular weight is 187 g/mol. The highest BCUT2D eigenvalue weighted by molar-refractivity contribution is 7.72. The largest absolute Gasteiger partial charge is 0.169 e. The van der Waals surface area contributed by atoms with Crippen LogP contribution in [0.2, 0.25) is 0 Å². The van der Waals surface area contributed by atoms with Crippen LogP contribution in [0.3, 0.4) is 0 Å². The smallest absolute Gasteiger partial charge is 0.159 e. The molecule has 2 nitrogen and oxygen atoms in total. The molecule has 0 aromatic heterocycles. The van der Waals surface area contributed by atoms with Gasteiger partial charge in [0.05, 0.1) is 0 Å². The van der Waals surface area contributed by atoms with E-state index < -0.39 is 7.56 Å². The van der Waals surface area contributed by atoms with Gasteiger partial charge in [-0.05, 0) is 18.6 Å². The van der Waals surface area contributed by atoms with Crippen molar-refractivity contribution in [2.24, 2.45) is 0 Å². The first kappa shape index (κ1) is 10.2. The quantitative estimate of drug-likeness (QED) is 0.481. The molecule has 0 bridgehead atoms. The fourth-order valence-corrected chi connectivity index (χ4v) is 5.39. The van der Waals surface area contributed by atoms with E-state index in [4.69, 9.17) is 0 Å². The molecule has 0 fully saturated rings. The highest BCUT2D eigenvalue weighted by atomic mass is 31.2. The van der Waals surface area contributed by atoms with Crippen LogP contribution < -0.4 is 0 Å². The van der Waals surface area contributed by atoms with Crippen molar-refractivity contribution >= 4 is 7.56 Å². The Balaban J connectivity index is 2.79. The summed E-state index contributed by atoms with van der Waals surface area (Å²) < 4.78 is 4.86. The Morgan fingerprint density at radius 3 is 1.83 bits per heavy atom. The van der Waals surface area contributed by atoms with E-state index in [9.17, 15) is 0 Å². The Bertz CT molecular complexity index is 189. The van der Waals surface area contributed by atoms with Gasteiger partial charge in [-0.15, -0.1) is 0 Å². The molecular formula is C9H20N2P+. The Morgan fingerprint density at radius 1 is 1.17 bits per heavy atom. The van der Waals surface area contributed by atoms with E-state index in [1.165, 1.54) is 12.3 Å². The van der Waals surface area contributed by atoms with E-state index in [-0.39, 0.29) is 0 Å². The molecule has 1 heterocycles. The minimum absolute atomic E-state index is 0.973. The zero-order chi connectivity index (χ0) is 9.35. The minimum atomic E-state index is -0.973. The molecule has 0 unspecified atom stereocenters. The summed E-state index contributed by atoms with van der Waals surface area (Å²) in [7, 11) is 7.86. The van der Waals surface area contributed by atoms with Crippen LogP contribution in [-0.4, -0.2) is 49.9 Å². The van der Waals surface area contributed by atoms with Crippen molar-refractivity contribution in [3.63, 3.8) is 0 Å². The van der Waals surface area contributed by atoms with Crippen LogP contribution >= 0.6 is 7.56 Å². The lowest BCUT2D eigenvalue weighted by molar-refractivity contribution is 0.554. The van der Waals surface area contributed by atoms with Gasteiger partial charge in [-0.1, -0.05) is 0 Å². The zero-order valence-corrected chi connectivity index (χ0v) is 9.73. The second-order valence-corrected chi connectivity index (χ2v) is 8.00. The van der Waals surface area contributed by atoms with Crippen LogP contribution in [-0.2, 0) is 0 Å². The second-order valence-electron chi connectivity index (χ2n) is 3.96. The van der Waals surface area contributed by atoms with E-state index in [2.05, 4.69) is 50.5 Å². The van der Waals surface area contributed by atoms with Gasteiger partial charge in [-0.25, -0.2) is 0 Å². The van der Waals surface area contributed by atoms with Gasteiger partial charge in [0.15, 0.2) is 7.56 Å². The molecular weight excluding hydrogens is 167 g/mol. The summed E-state index contributed by atoms with van der Waals surface area (Å²) in [4.78, 5) is 0. The Kier molecular flexibility index (Phi) is 2.92. The van der Waals surface area contributed by atoms with E-state index in [0.29, 0.717) is 0 Å². The number of hydrogen-bond donors (Lipinski definition) is 0. The number of hydrogen-bond acceptors (Lipinski definition) is 2. The van der Waals surface area contributed by atoms with Crippen LogP contribution in [0.1, 0.15) is 6.92 Å². The van der Waals surface area contributed by atoms with Crippen molar-refractivity contribution in [1.29, 1.82) is 0 Å². The van der Waals surface area contributed by atoms with Gasteiger partial charge in [0.2, 0.25) is 0 Å². The molecule has 70 valence electrons. The monoisotopic (exact) mass is 187 g/mol. The third-order valence-corrected chi connectivity index (χ3v) is 7.47. The van der Waals surface area contributed by atoms with Crippen molar-refractivity contribution in [1.82, 2.24) is 9.34 Å². The molecule has 0 saturated heterocycles. The molecule has 0 aromatic rings. The van der Waals surface area contributed by atoms with Gasteiger partial charge < -0.3 is 0 Å². The number of allylic oxidation sites excluding steroid dienone is 2. The lowest BCUT2D eigenvalue weighted by Gasteiger charge is -2.33. The summed E-state index contributed by atoms with van der Waals surface area (Å²) in [5, 5.41) is 0. The van der Waals surface area contributed by atoms with Crippen LogP contribution in [0.5, 0.6) is 0 Å². The summed E-state index contributed by atoms with van der Waals surface area (Å²) in [6, 6.07) is 0. The molecule has 0 radical (unpaired) electrons. The zero-order valence-electron chi connectivity index (χ0n) is 8.83. The molecule has 0 aliphatic carbocycles. The SMILES string of the molecule is CC1=CC[P+](N(C)C)(N(C)C)C1. The van der Waals surface area contributed by atoms with Crippen molar-refractivity contribution in [3.8, 4) is 0 Å². The molecule has 1 aliphatic rings. The average Bonchev–Trinajstić information content (AvgIpc) is 2.32. The molecule has 0 atom stereocenters. The summed E-state index contributed by atoms with van der Waals surface area (Å²) in [6.07, 6.45) is 4.94. The third-order valence-electron chi connectivity index (χ3n) is 2.72. The number of rotatable bonds is 2. The standard InChI is InChI=1S/C9H20N2P/c1-9-6-7-12(8-9,10(2)3)11(4)5/h6H,7-8H2,1-5H3/q+1. The first-order valence-electron chi connectivity index (χ1n) is 4.37. The van der Waals surface area contributed by atoms with Crippen LogP contribution in [0.4, 0.5) is 0 Å². The van der Waals surface area contributed by atoms with Gasteiger partial charge >= 0.3 is 0 Å². The van der Waals surface area contributed by atoms with E-state index >= 15 is 0 Å². The first-order chi connectivity index (χ1) is 5.49. The Morgan fingerprint density at radius 2 is 1.67 bits per heavy atom. The third kappa shape index (κ3) is 1.56. The molecule has 1 rings (SSSR count). The highest BCUT2D eigenvalue weighted by Gasteiger charge is 2.46. The first-order valence-corrected chi connectivity index (χ1v) is 6.44. The molecule has 0 saturated carbocycles. The summed E-state index contributed by atoms with van der Waals surface area (Å²) in [5.41, 5.74) is 1.56. The lowest BCUT2D eigenvalue weighted by Crippen LogP contribution is -2.28. The summed E-state index contributed by atoms with van der Waals surface area (Å²) in [6.45, 7) is 2.24. The normalized spacial score (nSPS) is 22.1. The van der Waals surface area contributed by atoms with Gasteiger partial charge in [-0.3, -0.25) is 0 Å². The fraction of sp³-hybridized carbons (Fsp3) is 0.778. The second kappa shape index (κ2) is 3.45. The molecule has 0 spiro atoms. The number of nitrogens with zero attached hydrogens (tertiary/aromatic N) is 2. The minimum Gasteiger partial charge on any atom is -0.169 e. The van der Waals surface area contributed by atoms with Gasteiger partial charge in [0, 0.05) is 28.2 Å². The van der Waals surface area contributed by atoms with Gasteiger partial charge in [0.1, 0.15) is 12.3 Å². The highest BCUT2D eigenvalue weighted by Crippen LogP contribution is 2.65. The Labute approximate surface area is 76.7 Å². The Hall–Kier alpha value is 0.0900. The van der Waals surface area contributed by atoms with E-state index in [1.807, 2.05) is 0 Å². The molecule has 0 aromatic carbocycles. The topological polar surface area (TPSA) is 6.48 Å². The molecule has 0 amide bonds. The van der Waals surface area contributed by atoms with E-state index in [0.717, 1.165) is 0 Å². The van der Waals surface area contributed by atoms with Crippen LogP contribution in [0.25, 0.3) is 0 Å². The summed E-state index contributed by atoms with van der Waals surface area (Å²) in [5.74, 6) is 0. The molecule has 0 N–H and O–H groups in total. The maximum Gasteiger partial charge on any atom is 0.159 e. The van der Waals surface area contributed by atoms with Crippen molar-refractivity contribution in [2.45, 2.75) is 6.92 Å². The predicted octanol–water partition coefficient (Wildman–Crippen LogP) is 1.92. The van der Waals surface area contributed by atoms with Crippen LogP contribution in [0, 0.1) is 0 Å². The van der Waals surface area contributed by atoms with Crippen molar-refractivity contribution in [3.05, 3.63) is 11.6 Å². The lowest BCUT2D eigenvalue weighted by atomic mass is 10.3. The maximum atomic E-state index is 2.43. The fourth-order valence-electron chi connectivity index (χ4n) is 1.80. The van der Waals surface area contributed by atoms with Crippen molar-refractivity contribution < 1.29 is 0 Å². The maximum absolute atomic E-state index is 2.43. The van der Waals surface area contributed by atoms with Crippen molar-refractivity contribution in [2.75, 3.05) is 40.5 Å². The van der Waals surface area contributed by atoms with Crippen LogP contribution in [0.15, 0.2) is 11.6 Å². The summed E-state index contributed by atoms with van der Waals surface area (Å²) >= 11 is 0. The van der Waals surface area contributed by atoms with Gasteiger partial charge in [0.25, 0.3) is 0 Å². The molecule has 12 heavy (non-hydrogen) atoms. The van der Waals surface area contributed by atoms with E-state index in [1.54, 1.807) is 5.57 Å². The predicted molar refractivity (Wildman–Crippen MR) is 57.8 cm³/mol. The molecule has 3 heteroatoms.